The summed E-state index contributed by atoms with van der Waals surface area (Å²) in [5.41, 5.74) is 7.48. The van der Waals surface area contributed by atoms with Crippen LogP contribution < -0.4 is 16.2 Å². The molecule has 2 N–H and O–H groups in total. The summed E-state index contributed by atoms with van der Waals surface area (Å²) in [5, 5.41) is 0. The average molecular weight is 512 g/mol. The lowest BCUT2D eigenvalue weighted by atomic mass is 10.1. The number of likely N-dealkylation sites (tertiary alicyclic amines) is 2. The van der Waals surface area contributed by atoms with Gasteiger partial charge in [0.25, 0.3) is 0 Å². The molecule has 2 aromatic heterocycles. The largest absolute Gasteiger partial charge is 0.457 e. The minimum atomic E-state index is -0.273. The van der Waals surface area contributed by atoms with E-state index in [1.165, 1.54) is 23.7 Å². The van der Waals surface area contributed by atoms with Crippen molar-refractivity contribution in [3.63, 3.8) is 0 Å². The van der Waals surface area contributed by atoms with E-state index in [-0.39, 0.29) is 23.5 Å². The lowest BCUT2D eigenvalue weighted by molar-refractivity contribution is -0.131. The van der Waals surface area contributed by atoms with E-state index in [9.17, 15) is 9.59 Å². The Bertz CT molecular complexity index is 1530. The van der Waals surface area contributed by atoms with Crippen LogP contribution in [0, 0.1) is 0 Å². The maximum Gasteiger partial charge on any atom is 0.335 e. The van der Waals surface area contributed by atoms with Gasteiger partial charge >= 0.3 is 5.69 Å². The van der Waals surface area contributed by atoms with Gasteiger partial charge in [-0.2, -0.15) is 0 Å². The molecule has 2 fully saturated rings. The molecule has 0 saturated carbocycles. The molecule has 0 atom stereocenters. The van der Waals surface area contributed by atoms with Gasteiger partial charge in [0.15, 0.2) is 11.5 Å². The molecule has 2 aliphatic rings. The van der Waals surface area contributed by atoms with Crippen LogP contribution in [0.4, 0.5) is 5.82 Å². The number of imidazole rings is 1. The number of rotatable bonds is 7. The molecule has 2 aliphatic heterocycles. The van der Waals surface area contributed by atoms with Crippen LogP contribution in [0.5, 0.6) is 11.5 Å². The van der Waals surface area contributed by atoms with E-state index in [1.807, 2.05) is 36.4 Å². The van der Waals surface area contributed by atoms with E-state index in [1.54, 1.807) is 39.8 Å². The quantitative estimate of drug-likeness (QED) is 0.380. The number of aromatic nitrogens is 4. The molecule has 38 heavy (non-hydrogen) atoms. The summed E-state index contributed by atoms with van der Waals surface area (Å²) >= 11 is 0. The highest BCUT2D eigenvalue weighted by atomic mass is 16.5. The normalized spacial score (nSPS) is 16.4. The molecule has 10 nitrogen and oxygen atoms in total. The van der Waals surface area contributed by atoms with Crippen LogP contribution in [0.25, 0.3) is 16.9 Å². The standard InChI is InChI=1S/C28H29N7O3/c29-26-25-27(31-19-30-26)35(21-17-33(18-21)24(36)9-6-16-32-14-4-5-15-32)28(37)34(25)20-10-12-23(13-11-20)38-22-7-2-1-3-8-22/h1-3,6-13,19,21H,4-5,14-18H2,(H2,29,30,31)/b9-6+. The number of hydrogen-bond donors (Lipinski definition) is 1. The number of benzene rings is 2. The van der Waals surface area contributed by atoms with E-state index in [0.29, 0.717) is 35.7 Å². The average Bonchev–Trinajstić information content (AvgIpc) is 3.52. The van der Waals surface area contributed by atoms with E-state index < -0.39 is 0 Å². The van der Waals surface area contributed by atoms with Gasteiger partial charge in [-0.1, -0.05) is 24.3 Å². The van der Waals surface area contributed by atoms with Gasteiger partial charge < -0.3 is 15.4 Å². The van der Waals surface area contributed by atoms with Crippen LogP contribution in [-0.2, 0) is 4.79 Å². The van der Waals surface area contributed by atoms with Gasteiger partial charge in [0.2, 0.25) is 5.91 Å². The summed E-state index contributed by atoms with van der Waals surface area (Å²) < 4.78 is 9.03. The highest BCUT2D eigenvalue weighted by molar-refractivity contribution is 5.88. The van der Waals surface area contributed by atoms with Crippen molar-refractivity contribution in [2.45, 2.75) is 18.9 Å². The van der Waals surface area contributed by atoms with E-state index >= 15 is 0 Å². The van der Waals surface area contributed by atoms with Gasteiger partial charge in [-0.3, -0.25) is 18.8 Å². The van der Waals surface area contributed by atoms with Crippen molar-refractivity contribution in [1.82, 2.24) is 28.9 Å². The van der Waals surface area contributed by atoms with Gasteiger partial charge in [0, 0.05) is 25.7 Å². The zero-order valence-electron chi connectivity index (χ0n) is 20.9. The first-order valence-electron chi connectivity index (χ1n) is 12.8. The first-order valence-corrected chi connectivity index (χ1v) is 12.8. The minimum Gasteiger partial charge on any atom is -0.457 e. The first kappa shape index (κ1) is 23.9. The molecule has 2 saturated heterocycles. The van der Waals surface area contributed by atoms with Crippen molar-refractivity contribution in [1.29, 1.82) is 0 Å². The maximum absolute atomic E-state index is 13.7. The molecule has 2 aromatic carbocycles. The molecular formula is C28H29N7O3. The number of carbonyl (C=O) groups excluding carboxylic acids is 1. The van der Waals surface area contributed by atoms with Gasteiger partial charge in [0.05, 0.1) is 11.7 Å². The molecule has 0 spiro atoms. The van der Waals surface area contributed by atoms with Crippen molar-refractivity contribution < 1.29 is 9.53 Å². The number of hydrogen-bond acceptors (Lipinski definition) is 7. The topological polar surface area (TPSA) is 112 Å². The van der Waals surface area contributed by atoms with Gasteiger partial charge in [-0.15, -0.1) is 0 Å². The highest BCUT2D eigenvalue weighted by Crippen LogP contribution is 2.28. The second-order valence-electron chi connectivity index (χ2n) is 9.64. The van der Waals surface area contributed by atoms with Crippen LogP contribution in [0.2, 0.25) is 0 Å². The van der Waals surface area contributed by atoms with E-state index in [0.717, 1.165) is 25.4 Å². The number of para-hydroxylation sites is 1. The molecule has 0 bridgehead atoms. The zero-order chi connectivity index (χ0) is 26.1. The van der Waals surface area contributed by atoms with Crippen molar-refractivity contribution in [2.24, 2.45) is 0 Å². The molecule has 4 heterocycles. The molecule has 0 aliphatic carbocycles. The predicted molar refractivity (Wildman–Crippen MR) is 144 cm³/mol. The number of anilines is 1. The maximum atomic E-state index is 13.7. The number of ether oxygens (including phenoxy) is 1. The van der Waals surface area contributed by atoms with Crippen LogP contribution >= 0.6 is 0 Å². The van der Waals surface area contributed by atoms with Crippen LogP contribution in [-0.4, -0.2) is 67.5 Å². The second-order valence-corrected chi connectivity index (χ2v) is 9.64. The van der Waals surface area contributed by atoms with Crippen molar-refractivity contribution >= 4 is 22.9 Å². The Morgan fingerprint density at radius 2 is 1.71 bits per heavy atom. The predicted octanol–water partition coefficient (Wildman–Crippen LogP) is 2.99. The summed E-state index contributed by atoms with van der Waals surface area (Å²) in [6.45, 7) is 3.83. The van der Waals surface area contributed by atoms with Crippen LogP contribution in [0.1, 0.15) is 18.9 Å². The second kappa shape index (κ2) is 10.1. The van der Waals surface area contributed by atoms with Gasteiger partial charge in [-0.05, 0) is 62.3 Å². The van der Waals surface area contributed by atoms with E-state index in [2.05, 4.69) is 14.9 Å². The summed E-state index contributed by atoms with van der Waals surface area (Å²) in [5.74, 6) is 1.54. The lowest BCUT2D eigenvalue weighted by Crippen LogP contribution is -2.52. The van der Waals surface area contributed by atoms with Crippen LogP contribution in [0.3, 0.4) is 0 Å². The Balaban J connectivity index is 1.23. The number of fused-ring (bicyclic) bond motifs is 1. The number of nitrogen functional groups attached to an aromatic ring is 1. The fourth-order valence-electron chi connectivity index (χ4n) is 5.10. The Kier molecular flexibility index (Phi) is 6.38. The monoisotopic (exact) mass is 511 g/mol. The van der Waals surface area contributed by atoms with Gasteiger partial charge in [-0.25, -0.2) is 14.8 Å². The molecule has 4 aromatic rings. The smallest absolute Gasteiger partial charge is 0.335 e. The summed E-state index contributed by atoms with van der Waals surface area (Å²) in [7, 11) is 0. The number of amides is 1. The molecule has 1 amide bonds. The Morgan fingerprint density at radius 3 is 2.45 bits per heavy atom. The van der Waals surface area contributed by atoms with Crippen molar-refractivity contribution in [3.8, 4) is 17.2 Å². The number of nitrogens with zero attached hydrogens (tertiary/aromatic N) is 6. The molecule has 0 radical (unpaired) electrons. The first-order chi connectivity index (χ1) is 18.6. The summed E-state index contributed by atoms with van der Waals surface area (Å²) in [6, 6.07) is 16.5. The highest BCUT2D eigenvalue weighted by Gasteiger charge is 2.35. The molecule has 6 rings (SSSR count). The Hall–Kier alpha value is -4.44. The van der Waals surface area contributed by atoms with Crippen molar-refractivity contribution in [3.05, 3.63) is 83.6 Å². The third-order valence-electron chi connectivity index (χ3n) is 7.12. The molecule has 0 unspecified atom stereocenters. The summed E-state index contributed by atoms with van der Waals surface area (Å²) in [4.78, 5) is 38.9. The number of carbonyl (C=O) groups is 1. The Labute approximate surface area is 219 Å². The third kappa shape index (κ3) is 4.54. The van der Waals surface area contributed by atoms with E-state index in [4.69, 9.17) is 10.5 Å². The molecule has 10 heteroatoms. The van der Waals surface area contributed by atoms with Crippen LogP contribution in [0.15, 0.2) is 77.9 Å². The Morgan fingerprint density at radius 1 is 1.00 bits per heavy atom. The molecular weight excluding hydrogens is 482 g/mol. The lowest BCUT2D eigenvalue weighted by Gasteiger charge is -2.38. The minimum absolute atomic E-state index is 0.0413. The van der Waals surface area contributed by atoms with Crippen molar-refractivity contribution in [2.75, 3.05) is 38.5 Å². The third-order valence-corrected chi connectivity index (χ3v) is 7.12. The SMILES string of the molecule is Nc1ncnc2c1n(-c1ccc(Oc3ccccc3)cc1)c(=O)n2C1CN(C(=O)/C=C/CN2CCCC2)C1. The fourth-order valence-corrected chi connectivity index (χ4v) is 5.10. The number of nitrogens with two attached hydrogens (primary N) is 1. The zero-order valence-corrected chi connectivity index (χ0v) is 20.9. The fraction of sp³-hybridized carbons (Fsp3) is 0.286. The van der Waals surface area contributed by atoms with Gasteiger partial charge in [0.1, 0.15) is 23.3 Å². The molecule has 194 valence electrons. The summed E-state index contributed by atoms with van der Waals surface area (Å²) in [6.07, 6.45) is 7.37.